The molecule has 38 heavy (non-hydrogen) atoms. The molecule has 0 bridgehead atoms. The lowest BCUT2D eigenvalue weighted by Crippen LogP contribution is -2.06. The van der Waals surface area contributed by atoms with Crippen molar-refractivity contribution in [2.75, 3.05) is 35.2 Å². The van der Waals surface area contributed by atoms with Crippen LogP contribution in [0.3, 0.4) is 0 Å². The molecule has 0 saturated heterocycles. The van der Waals surface area contributed by atoms with E-state index in [2.05, 4.69) is 0 Å². The summed E-state index contributed by atoms with van der Waals surface area (Å²) < 4.78 is 34.1. The van der Waals surface area contributed by atoms with Gasteiger partial charge in [0.15, 0.2) is 19.4 Å². The second-order valence-corrected chi connectivity index (χ2v) is 8.18. The summed E-state index contributed by atoms with van der Waals surface area (Å²) >= 11 is 0. The van der Waals surface area contributed by atoms with Crippen molar-refractivity contribution in [3.63, 3.8) is 0 Å². The molecular formula is C30H28O8. The Kier molecular flexibility index (Phi) is 8.45. The molecule has 8 nitrogen and oxygen atoms in total. The summed E-state index contributed by atoms with van der Waals surface area (Å²) in [6.07, 6.45) is 1.36. The van der Waals surface area contributed by atoms with E-state index in [1.165, 1.54) is 28.4 Å². The molecule has 0 spiro atoms. The number of hydrogen-bond acceptors (Lipinski definition) is 8. The van der Waals surface area contributed by atoms with Crippen molar-refractivity contribution in [1.82, 2.24) is 0 Å². The van der Waals surface area contributed by atoms with Crippen LogP contribution in [0.5, 0.6) is 28.7 Å². The Morgan fingerprint density at radius 3 is 2.11 bits per heavy atom. The standard InChI is InChI=1S/C30H28O8/c1-33-18-38-21-13-20(15-31)26(25(14-21)37-17-19-9-6-5-7-10-19)28-23(16-32)30(36-4)27-22(29(28)35-3)11-8-12-24(27)34-2/h5-16H,17-18H2,1-4H3. The first-order valence-corrected chi connectivity index (χ1v) is 11.7. The van der Waals surface area contributed by atoms with Gasteiger partial charge in [-0.05, 0) is 17.7 Å². The lowest BCUT2D eigenvalue weighted by Gasteiger charge is -2.23. The molecule has 0 unspecified atom stereocenters. The Morgan fingerprint density at radius 1 is 0.711 bits per heavy atom. The first kappa shape index (κ1) is 26.5. The van der Waals surface area contributed by atoms with E-state index in [1.807, 2.05) is 42.5 Å². The van der Waals surface area contributed by atoms with Gasteiger partial charge in [0.2, 0.25) is 0 Å². The quantitative estimate of drug-likeness (QED) is 0.175. The highest BCUT2D eigenvalue weighted by molar-refractivity contribution is 6.12. The third kappa shape index (κ3) is 4.99. The highest BCUT2D eigenvalue weighted by Crippen LogP contribution is 2.51. The van der Waals surface area contributed by atoms with Gasteiger partial charge in [-0.1, -0.05) is 42.5 Å². The maximum Gasteiger partial charge on any atom is 0.188 e. The third-order valence-corrected chi connectivity index (χ3v) is 6.05. The number of rotatable bonds is 12. The summed E-state index contributed by atoms with van der Waals surface area (Å²) in [6, 6.07) is 18.2. The van der Waals surface area contributed by atoms with E-state index in [0.29, 0.717) is 57.5 Å². The van der Waals surface area contributed by atoms with Crippen LogP contribution in [-0.2, 0) is 11.3 Å². The molecule has 4 rings (SSSR count). The van der Waals surface area contributed by atoms with Crippen molar-refractivity contribution in [3.8, 4) is 39.9 Å². The van der Waals surface area contributed by atoms with E-state index in [-0.39, 0.29) is 30.3 Å². The molecule has 0 aliphatic heterocycles. The zero-order valence-electron chi connectivity index (χ0n) is 21.6. The molecule has 0 aliphatic rings. The number of fused-ring (bicyclic) bond motifs is 1. The Hall–Kier alpha value is -4.56. The second kappa shape index (κ2) is 12.1. The molecule has 0 aromatic heterocycles. The molecule has 8 heteroatoms. The second-order valence-electron chi connectivity index (χ2n) is 8.18. The van der Waals surface area contributed by atoms with Crippen molar-refractivity contribution in [3.05, 3.63) is 77.4 Å². The minimum Gasteiger partial charge on any atom is -0.496 e. The Morgan fingerprint density at radius 2 is 1.47 bits per heavy atom. The van der Waals surface area contributed by atoms with Crippen LogP contribution in [-0.4, -0.2) is 47.8 Å². The Labute approximate surface area is 220 Å². The van der Waals surface area contributed by atoms with E-state index in [1.54, 1.807) is 18.2 Å². The van der Waals surface area contributed by atoms with Crippen LogP contribution < -0.4 is 23.7 Å². The maximum atomic E-state index is 12.6. The van der Waals surface area contributed by atoms with Crippen molar-refractivity contribution in [2.24, 2.45) is 0 Å². The fourth-order valence-corrected chi connectivity index (χ4v) is 4.45. The lowest BCUT2D eigenvalue weighted by molar-refractivity contribution is 0.0508. The van der Waals surface area contributed by atoms with Crippen molar-refractivity contribution in [1.29, 1.82) is 0 Å². The molecule has 0 radical (unpaired) electrons. The lowest BCUT2D eigenvalue weighted by atomic mass is 9.89. The summed E-state index contributed by atoms with van der Waals surface area (Å²) in [7, 11) is 6.01. The number of aldehydes is 2. The molecule has 0 heterocycles. The van der Waals surface area contributed by atoms with E-state index in [4.69, 9.17) is 28.4 Å². The fraction of sp³-hybridized carbons (Fsp3) is 0.200. The summed E-state index contributed by atoms with van der Waals surface area (Å²) in [6.45, 7) is 0.180. The average molecular weight is 517 g/mol. The van der Waals surface area contributed by atoms with Crippen LogP contribution in [0.2, 0.25) is 0 Å². The molecule has 0 fully saturated rings. The topological polar surface area (TPSA) is 89.5 Å². The van der Waals surface area contributed by atoms with Crippen LogP contribution in [0.25, 0.3) is 21.9 Å². The number of hydrogen-bond donors (Lipinski definition) is 0. The molecular weight excluding hydrogens is 488 g/mol. The molecule has 0 aliphatic carbocycles. The van der Waals surface area contributed by atoms with Gasteiger partial charge in [-0.25, -0.2) is 0 Å². The Balaban J connectivity index is 2.07. The van der Waals surface area contributed by atoms with Gasteiger partial charge in [0, 0.05) is 35.3 Å². The third-order valence-electron chi connectivity index (χ3n) is 6.05. The van der Waals surface area contributed by atoms with Gasteiger partial charge in [0.25, 0.3) is 0 Å². The van der Waals surface area contributed by atoms with Crippen LogP contribution >= 0.6 is 0 Å². The van der Waals surface area contributed by atoms with Gasteiger partial charge in [-0.3, -0.25) is 9.59 Å². The summed E-state index contributed by atoms with van der Waals surface area (Å²) in [5.41, 5.74) is 2.04. The predicted molar refractivity (Wildman–Crippen MR) is 143 cm³/mol. The van der Waals surface area contributed by atoms with Crippen LogP contribution in [0.1, 0.15) is 26.3 Å². The highest BCUT2D eigenvalue weighted by atomic mass is 16.7. The summed E-state index contributed by atoms with van der Waals surface area (Å²) in [5.74, 6) is 1.83. The van der Waals surface area contributed by atoms with Gasteiger partial charge in [-0.15, -0.1) is 0 Å². The van der Waals surface area contributed by atoms with Gasteiger partial charge >= 0.3 is 0 Å². The minimum atomic E-state index is -0.0255. The van der Waals surface area contributed by atoms with Gasteiger partial charge in [-0.2, -0.15) is 0 Å². The normalized spacial score (nSPS) is 10.6. The van der Waals surface area contributed by atoms with Crippen molar-refractivity contribution in [2.45, 2.75) is 6.61 Å². The minimum absolute atomic E-state index is 0.0255. The number of ether oxygens (including phenoxy) is 6. The van der Waals surface area contributed by atoms with Crippen molar-refractivity contribution < 1.29 is 38.0 Å². The van der Waals surface area contributed by atoms with Gasteiger partial charge < -0.3 is 28.4 Å². The number of carbonyl (C=O) groups is 2. The summed E-state index contributed by atoms with van der Waals surface area (Å²) in [4.78, 5) is 25.1. The van der Waals surface area contributed by atoms with Crippen LogP contribution in [0.15, 0.2) is 60.7 Å². The fourth-order valence-electron chi connectivity index (χ4n) is 4.45. The zero-order valence-corrected chi connectivity index (χ0v) is 21.6. The molecule has 0 atom stereocenters. The first-order chi connectivity index (χ1) is 18.6. The largest absolute Gasteiger partial charge is 0.496 e. The molecule has 0 amide bonds. The monoisotopic (exact) mass is 516 g/mol. The number of benzene rings is 4. The molecule has 0 N–H and O–H groups in total. The summed E-state index contributed by atoms with van der Waals surface area (Å²) in [5, 5.41) is 1.20. The number of carbonyl (C=O) groups excluding carboxylic acids is 2. The van der Waals surface area contributed by atoms with Gasteiger partial charge in [0.05, 0.1) is 32.3 Å². The van der Waals surface area contributed by atoms with E-state index in [9.17, 15) is 9.59 Å². The SMILES string of the molecule is COCOc1cc(C=O)c(-c2c(C=O)c(OC)c3c(OC)cccc3c2OC)c(OCc2ccccc2)c1. The average Bonchev–Trinajstić information content (AvgIpc) is 2.97. The first-order valence-electron chi connectivity index (χ1n) is 11.7. The Bertz CT molecular complexity index is 1450. The highest BCUT2D eigenvalue weighted by Gasteiger charge is 2.28. The van der Waals surface area contributed by atoms with Crippen LogP contribution in [0.4, 0.5) is 0 Å². The number of methoxy groups -OCH3 is 4. The predicted octanol–water partition coefficient (Wildman–Crippen LogP) is 5.72. The van der Waals surface area contributed by atoms with E-state index < -0.39 is 0 Å². The van der Waals surface area contributed by atoms with E-state index in [0.717, 1.165) is 5.56 Å². The van der Waals surface area contributed by atoms with Gasteiger partial charge in [0.1, 0.15) is 35.4 Å². The molecule has 0 saturated carbocycles. The maximum absolute atomic E-state index is 12.6. The molecule has 4 aromatic rings. The molecule has 4 aromatic carbocycles. The molecule has 196 valence electrons. The smallest absolute Gasteiger partial charge is 0.188 e. The zero-order chi connectivity index (χ0) is 27.1. The van der Waals surface area contributed by atoms with Crippen LogP contribution in [0, 0.1) is 0 Å². The van der Waals surface area contributed by atoms with Crippen molar-refractivity contribution >= 4 is 23.3 Å². The van der Waals surface area contributed by atoms with E-state index >= 15 is 0 Å².